The summed E-state index contributed by atoms with van der Waals surface area (Å²) in [4.78, 5) is 38.5. The Kier molecular flexibility index (Phi) is 5.23. The molecule has 0 spiro atoms. The molecule has 0 bridgehead atoms. The third kappa shape index (κ3) is 3.35. The minimum atomic E-state index is -1.12. The molecule has 140 valence electrons. The van der Waals surface area contributed by atoms with Crippen molar-refractivity contribution in [1.82, 2.24) is 4.90 Å². The van der Waals surface area contributed by atoms with Crippen molar-refractivity contribution in [2.24, 2.45) is 0 Å². The molecular weight excluding hydrogens is 360 g/mol. The Bertz CT molecular complexity index is 1000. The molecule has 28 heavy (non-hydrogen) atoms. The number of rotatable bonds is 5. The van der Waals surface area contributed by atoms with E-state index in [-0.39, 0.29) is 22.6 Å². The highest BCUT2D eigenvalue weighted by molar-refractivity contribution is 6.22. The highest BCUT2D eigenvalue weighted by atomic mass is 16.6. The minimum Gasteiger partial charge on any atom is -0.493 e. The number of carbonyl (C=O) groups is 3. The smallest absolute Gasteiger partial charge is 0.334 e. The van der Waals surface area contributed by atoms with Crippen LogP contribution in [-0.4, -0.2) is 35.8 Å². The topological polar surface area (TPSA) is 96.7 Å². The maximum absolute atomic E-state index is 12.6. The lowest BCUT2D eigenvalue weighted by molar-refractivity contribution is -0.138. The van der Waals surface area contributed by atoms with Gasteiger partial charge in [0.15, 0.2) is 11.5 Å². The lowest BCUT2D eigenvalue weighted by atomic mass is 10.1. The van der Waals surface area contributed by atoms with Crippen molar-refractivity contribution in [3.63, 3.8) is 0 Å². The molecule has 1 aliphatic heterocycles. The second-order valence-electron chi connectivity index (χ2n) is 6.00. The fourth-order valence-electron chi connectivity index (χ4n) is 2.86. The third-order valence-corrected chi connectivity index (χ3v) is 4.30. The first-order chi connectivity index (χ1) is 13.5. The average molecular weight is 376 g/mol. The zero-order valence-corrected chi connectivity index (χ0v) is 15.2. The number of benzene rings is 2. The molecule has 0 N–H and O–H groups in total. The number of nitrogens with zero attached hydrogens (tertiary/aromatic N) is 2. The van der Waals surface area contributed by atoms with Crippen molar-refractivity contribution in [1.29, 1.82) is 5.26 Å². The van der Waals surface area contributed by atoms with Crippen LogP contribution >= 0.6 is 0 Å². The SMILES string of the molecule is COc1cc(/C=C\C#N)ccc1OC(=O)C(C)N1C(=O)c2ccccc2C1=O. The molecule has 0 radical (unpaired) electrons. The predicted octanol–water partition coefficient (Wildman–Crippen LogP) is 2.82. The van der Waals surface area contributed by atoms with E-state index in [0.29, 0.717) is 5.56 Å². The first-order valence-electron chi connectivity index (χ1n) is 8.40. The van der Waals surface area contributed by atoms with Crippen LogP contribution in [-0.2, 0) is 4.79 Å². The van der Waals surface area contributed by atoms with Crippen LogP contribution in [0.4, 0.5) is 0 Å². The fourth-order valence-corrected chi connectivity index (χ4v) is 2.86. The van der Waals surface area contributed by atoms with E-state index in [9.17, 15) is 14.4 Å². The van der Waals surface area contributed by atoms with E-state index >= 15 is 0 Å². The van der Waals surface area contributed by atoms with Crippen LogP contribution in [0.1, 0.15) is 33.2 Å². The van der Waals surface area contributed by atoms with Crippen LogP contribution < -0.4 is 9.47 Å². The van der Waals surface area contributed by atoms with Crippen molar-refractivity contribution in [2.75, 3.05) is 7.11 Å². The number of esters is 1. The summed E-state index contributed by atoms with van der Waals surface area (Å²) < 4.78 is 10.6. The second-order valence-corrected chi connectivity index (χ2v) is 6.00. The van der Waals surface area contributed by atoms with Gasteiger partial charge in [-0.2, -0.15) is 5.26 Å². The molecule has 2 aromatic carbocycles. The van der Waals surface area contributed by atoms with Crippen molar-refractivity contribution < 1.29 is 23.9 Å². The summed E-state index contributed by atoms with van der Waals surface area (Å²) in [5.74, 6) is -1.41. The molecule has 0 saturated heterocycles. The van der Waals surface area contributed by atoms with E-state index < -0.39 is 23.8 Å². The monoisotopic (exact) mass is 376 g/mol. The molecule has 2 aromatic rings. The molecule has 1 heterocycles. The van der Waals surface area contributed by atoms with E-state index in [1.165, 1.54) is 26.2 Å². The molecule has 7 heteroatoms. The summed E-state index contributed by atoms with van der Waals surface area (Å²) in [7, 11) is 1.41. The standard InChI is InChI=1S/C21H16N2O5/c1-13(23-19(24)15-7-3-4-8-16(15)20(23)25)21(26)28-17-10-9-14(6-5-11-22)12-18(17)27-2/h3-10,12-13H,1-2H3/b6-5-. The molecule has 7 nitrogen and oxygen atoms in total. The second kappa shape index (κ2) is 7.76. The molecular formula is C21H16N2O5. The van der Waals surface area contributed by atoms with Crippen LogP contribution in [0.25, 0.3) is 6.08 Å². The van der Waals surface area contributed by atoms with E-state index in [1.807, 2.05) is 6.07 Å². The van der Waals surface area contributed by atoms with Crippen molar-refractivity contribution >= 4 is 23.9 Å². The summed E-state index contributed by atoms with van der Waals surface area (Å²) >= 11 is 0. The normalized spacial score (nSPS) is 14.0. The molecule has 0 aromatic heterocycles. The third-order valence-electron chi connectivity index (χ3n) is 4.30. The Hall–Kier alpha value is -3.92. The number of methoxy groups -OCH3 is 1. The van der Waals surface area contributed by atoms with Gasteiger partial charge in [-0.3, -0.25) is 14.5 Å². The van der Waals surface area contributed by atoms with Gasteiger partial charge >= 0.3 is 5.97 Å². The highest BCUT2D eigenvalue weighted by Crippen LogP contribution is 2.30. The predicted molar refractivity (Wildman–Crippen MR) is 99.7 cm³/mol. The lowest BCUT2D eigenvalue weighted by Gasteiger charge is -2.21. The summed E-state index contributed by atoms with van der Waals surface area (Å²) in [6, 6.07) is 11.9. The number of hydrogen-bond donors (Lipinski definition) is 0. The fraction of sp³-hybridized carbons (Fsp3) is 0.143. The maximum Gasteiger partial charge on any atom is 0.334 e. The molecule has 1 aliphatic rings. The van der Waals surface area contributed by atoms with Gasteiger partial charge in [0.05, 0.1) is 24.3 Å². The molecule has 2 amide bonds. The van der Waals surface area contributed by atoms with Gasteiger partial charge in [-0.1, -0.05) is 18.2 Å². The Morgan fingerprint density at radius 2 is 1.75 bits per heavy atom. The molecule has 0 fully saturated rings. The average Bonchev–Trinajstić information content (AvgIpc) is 2.97. The van der Waals surface area contributed by atoms with Crippen molar-refractivity contribution in [3.8, 4) is 17.6 Å². The number of nitriles is 1. The van der Waals surface area contributed by atoms with Crippen molar-refractivity contribution in [2.45, 2.75) is 13.0 Å². The summed E-state index contributed by atoms with van der Waals surface area (Å²) in [6.45, 7) is 1.43. The van der Waals surface area contributed by atoms with Gasteiger partial charge in [0.1, 0.15) is 6.04 Å². The zero-order chi connectivity index (χ0) is 20.3. The van der Waals surface area contributed by atoms with Gasteiger partial charge in [-0.05, 0) is 42.8 Å². The van der Waals surface area contributed by atoms with Crippen LogP contribution in [0.2, 0.25) is 0 Å². The summed E-state index contributed by atoms with van der Waals surface area (Å²) in [6.07, 6.45) is 2.89. The number of allylic oxidation sites excluding steroid dienone is 1. The van der Waals surface area contributed by atoms with Gasteiger partial charge in [0.25, 0.3) is 11.8 Å². The summed E-state index contributed by atoms with van der Waals surface area (Å²) in [5, 5.41) is 8.60. The Balaban J connectivity index is 1.80. The molecule has 0 aliphatic carbocycles. The van der Waals surface area contributed by atoms with Gasteiger partial charge in [0.2, 0.25) is 0 Å². The van der Waals surface area contributed by atoms with Crippen molar-refractivity contribution in [3.05, 3.63) is 65.2 Å². The number of hydrogen-bond acceptors (Lipinski definition) is 6. The Morgan fingerprint density at radius 1 is 1.11 bits per heavy atom. The van der Waals surface area contributed by atoms with Crippen LogP contribution in [0.5, 0.6) is 11.5 Å². The van der Waals surface area contributed by atoms with E-state index in [0.717, 1.165) is 4.90 Å². The van der Waals surface area contributed by atoms with Crippen LogP contribution in [0.15, 0.2) is 48.5 Å². The molecule has 1 unspecified atom stereocenters. The molecule has 1 atom stereocenters. The summed E-state index contributed by atoms with van der Waals surface area (Å²) in [5.41, 5.74) is 1.21. The first kappa shape index (κ1) is 18.9. The molecule has 0 saturated carbocycles. The van der Waals surface area contributed by atoms with E-state index in [4.69, 9.17) is 14.7 Å². The Labute approximate surface area is 161 Å². The number of carbonyl (C=O) groups excluding carboxylic acids is 3. The lowest BCUT2D eigenvalue weighted by Crippen LogP contribution is -2.44. The quantitative estimate of drug-likeness (QED) is 0.345. The molecule has 3 rings (SSSR count). The van der Waals surface area contributed by atoms with Gasteiger partial charge in [0, 0.05) is 6.08 Å². The number of ether oxygens (including phenoxy) is 2. The first-order valence-corrected chi connectivity index (χ1v) is 8.40. The minimum absolute atomic E-state index is 0.144. The maximum atomic E-state index is 12.6. The zero-order valence-electron chi connectivity index (χ0n) is 15.2. The Morgan fingerprint density at radius 3 is 2.32 bits per heavy atom. The van der Waals surface area contributed by atoms with Crippen LogP contribution in [0, 0.1) is 11.3 Å². The van der Waals surface area contributed by atoms with E-state index in [1.54, 1.807) is 42.5 Å². The number of amides is 2. The number of imide groups is 1. The van der Waals surface area contributed by atoms with Gasteiger partial charge < -0.3 is 9.47 Å². The number of fused-ring (bicyclic) bond motifs is 1. The van der Waals surface area contributed by atoms with Gasteiger partial charge in [-0.15, -0.1) is 0 Å². The highest BCUT2D eigenvalue weighted by Gasteiger charge is 2.41. The van der Waals surface area contributed by atoms with Crippen LogP contribution in [0.3, 0.4) is 0 Å². The van der Waals surface area contributed by atoms with E-state index in [2.05, 4.69) is 0 Å². The largest absolute Gasteiger partial charge is 0.493 e. The van der Waals surface area contributed by atoms with Gasteiger partial charge in [-0.25, -0.2) is 4.79 Å².